The quantitative estimate of drug-likeness (QED) is 0.570. The van der Waals surface area contributed by atoms with E-state index in [1.54, 1.807) is 24.3 Å². The Hall–Kier alpha value is -3.46. The molecule has 1 aliphatic heterocycles. The van der Waals surface area contributed by atoms with Gasteiger partial charge in [0.1, 0.15) is 17.7 Å². The summed E-state index contributed by atoms with van der Waals surface area (Å²) in [6, 6.07) is 11.5. The van der Waals surface area contributed by atoms with E-state index >= 15 is 0 Å². The molecule has 0 spiro atoms. The highest BCUT2D eigenvalue weighted by Crippen LogP contribution is 2.32. The number of esters is 2. The maximum Gasteiger partial charge on any atom is 0.303 e. The molecule has 1 fully saturated rings. The lowest BCUT2D eigenvalue weighted by molar-refractivity contribution is -0.243. The van der Waals surface area contributed by atoms with Crippen molar-refractivity contribution in [2.24, 2.45) is 5.92 Å². The Kier molecular flexibility index (Phi) is 8.81. The first-order valence-electron chi connectivity index (χ1n) is 11.4. The standard InChI is InChI=1S/C26H30FNO7/c1-15-14-32-26(25(34-18(4)31)24(15)33-17(3)30)35-22-9-8-19(10-11-28-16(2)29)23(13-22)20-6-5-7-21(27)12-20/h5-9,12-13,15,24-26H,10-11,14H2,1-4H3,(H,28,29)/t15-,24-,25+,26?/m0/s1. The number of carbonyl (C=O) groups excluding carboxylic acids is 3. The van der Waals surface area contributed by atoms with Crippen LogP contribution >= 0.6 is 0 Å². The molecule has 9 heteroatoms. The van der Waals surface area contributed by atoms with Crippen LogP contribution in [0, 0.1) is 11.7 Å². The topological polar surface area (TPSA) is 100 Å². The minimum absolute atomic E-state index is 0.139. The molecule has 1 amide bonds. The Morgan fingerprint density at radius 1 is 1.03 bits per heavy atom. The van der Waals surface area contributed by atoms with Crippen LogP contribution in [-0.4, -0.2) is 49.5 Å². The molecular formula is C26H30FNO7. The summed E-state index contributed by atoms with van der Waals surface area (Å²) >= 11 is 0. The molecule has 0 radical (unpaired) electrons. The van der Waals surface area contributed by atoms with Gasteiger partial charge in [-0.1, -0.05) is 25.1 Å². The molecule has 35 heavy (non-hydrogen) atoms. The number of rotatable bonds is 8. The number of hydrogen-bond donors (Lipinski definition) is 1. The van der Waals surface area contributed by atoms with Crippen molar-refractivity contribution in [3.63, 3.8) is 0 Å². The normalized spacial score (nSPS) is 21.6. The van der Waals surface area contributed by atoms with Crippen LogP contribution in [-0.2, 0) is 35.0 Å². The predicted molar refractivity (Wildman–Crippen MR) is 125 cm³/mol. The van der Waals surface area contributed by atoms with Crippen molar-refractivity contribution in [1.82, 2.24) is 5.32 Å². The first-order chi connectivity index (χ1) is 16.6. The summed E-state index contributed by atoms with van der Waals surface area (Å²) in [5.41, 5.74) is 2.24. The van der Waals surface area contributed by atoms with Crippen LogP contribution in [0.1, 0.15) is 33.3 Å². The highest BCUT2D eigenvalue weighted by Gasteiger charge is 2.44. The monoisotopic (exact) mass is 487 g/mol. The Balaban J connectivity index is 1.91. The van der Waals surface area contributed by atoms with Crippen molar-refractivity contribution >= 4 is 17.8 Å². The second-order valence-electron chi connectivity index (χ2n) is 8.51. The van der Waals surface area contributed by atoms with E-state index in [0.717, 1.165) is 11.1 Å². The number of halogens is 1. The van der Waals surface area contributed by atoms with Gasteiger partial charge in [-0.3, -0.25) is 14.4 Å². The number of hydrogen-bond acceptors (Lipinski definition) is 7. The van der Waals surface area contributed by atoms with Crippen LogP contribution in [0.15, 0.2) is 42.5 Å². The molecule has 2 aromatic carbocycles. The molecule has 1 N–H and O–H groups in total. The lowest BCUT2D eigenvalue weighted by Crippen LogP contribution is -2.55. The molecule has 1 aliphatic rings. The average molecular weight is 488 g/mol. The third-order valence-electron chi connectivity index (χ3n) is 5.52. The van der Waals surface area contributed by atoms with Gasteiger partial charge in [-0.25, -0.2) is 4.39 Å². The molecule has 2 aromatic rings. The fourth-order valence-corrected chi connectivity index (χ4v) is 3.98. The Morgan fingerprint density at radius 3 is 2.40 bits per heavy atom. The van der Waals surface area contributed by atoms with E-state index in [1.165, 1.54) is 32.9 Å². The fourth-order valence-electron chi connectivity index (χ4n) is 3.98. The summed E-state index contributed by atoms with van der Waals surface area (Å²) in [5.74, 6) is -1.41. The smallest absolute Gasteiger partial charge is 0.303 e. The third-order valence-corrected chi connectivity index (χ3v) is 5.52. The van der Waals surface area contributed by atoms with Gasteiger partial charge in [0.05, 0.1) is 6.61 Å². The largest absolute Gasteiger partial charge is 0.461 e. The molecular weight excluding hydrogens is 457 g/mol. The number of ether oxygens (including phenoxy) is 4. The minimum atomic E-state index is -1.02. The maximum atomic E-state index is 14.0. The molecule has 0 bridgehead atoms. The van der Waals surface area contributed by atoms with E-state index in [2.05, 4.69) is 5.32 Å². The molecule has 0 aromatic heterocycles. The first-order valence-corrected chi connectivity index (χ1v) is 11.4. The van der Waals surface area contributed by atoms with Crippen LogP contribution in [0.4, 0.5) is 4.39 Å². The van der Waals surface area contributed by atoms with Crippen LogP contribution in [0.25, 0.3) is 11.1 Å². The van der Waals surface area contributed by atoms with Gasteiger partial charge < -0.3 is 24.3 Å². The van der Waals surface area contributed by atoms with E-state index in [4.69, 9.17) is 18.9 Å². The predicted octanol–water partition coefficient (Wildman–Crippen LogP) is 3.41. The van der Waals surface area contributed by atoms with Crippen molar-refractivity contribution in [3.05, 3.63) is 53.8 Å². The average Bonchev–Trinajstić information content (AvgIpc) is 2.78. The molecule has 8 nitrogen and oxygen atoms in total. The molecule has 188 valence electrons. The molecule has 0 saturated carbocycles. The Bertz CT molecular complexity index is 1070. The lowest BCUT2D eigenvalue weighted by atomic mass is 9.96. The SMILES string of the molecule is CC(=O)NCCc1ccc(OC2OC[C@H](C)[C@H](OC(C)=O)[C@H]2OC(C)=O)cc1-c1cccc(F)c1. The second-order valence-corrected chi connectivity index (χ2v) is 8.51. The lowest BCUT2D eigenvalue weighted by Gasteiger charge is -2.39. The van der Waals surface area contributed by atoms with Crippen molar-refractivity contribution < 1.29 is 37.7 Å². The van der Waals surface area contributed by atoms with Crippen LogP contribution in [0.2, 0.25) is 0 Å². The second kappa shape index (κ2) is 11.8. The summed E-state index contributed by atoms with van der Waals surface area (Å²) in [5, 5.41) is 2.76. The minimum Gasteiger partial charge on any atom is -0.461 e. The van der Waals surface area contributed by atoms with Crippen molar-refractivity contribution in [2.45, 2.75) is 52.6 Å². The van der Waals surface area contributed by atoms with Gasteiger partial charge in [0, 0.05) is 33.2 Å². The van der Waals surface area contributed by atoms with E-state index in [-0.39, 0.29) is 24.2 Å². The van der Waals surface area contributed by atoms with Crippen molar-refractivity contribution in [2.75, 3.05) is 13.2 Å². The molecule has 1 unspecified atom stereocenters. The number of nitrogens with one attached hydrogen (secondary N) is 1. The van der Waals surface area contributed by atoms with Gasteiger partial charge >= 0.3 is 11.9 Å². The van der Waals surface area contributed by atoms with Gasteiger partial charge in [-0.2, -0.15) is 0 Å². The van der Waals surface area contributed by atoms with Gasteiger partial charge in [0.25, 0.3) is 0 Å². The summed E-state index contributed by atoms with van der Waals surface area (Å²) < 4.78 is 36.7. The van der Waals surface area contributed by atoms with E-state index in [0.29, 0.717) is 24.3 Å². The van der Waals surface area contributed by atoms with Gasteiger partial charge in [-0.05, 0) is 47.4 Å². The van der Waals surface area contributed by atoms with E-state index in [1.807, 2.05) is 13.0 Å². The van der Waals surface area contributed by atoms with E-state index in [9.17, 15) is 18.8 Å². The molecule has 1 heterocycles. The van der Waals surface area contributed by atoms with Crippen LogP contribution in [0.3, 0.4) is 0 Å². The van der Waals surface area contributed by atoms with E-state index < -0.39 is 30.4 Å². The molecule has 0 aliphatic carbocycles. The zero-order chi connectivity index (χ0) is 25.5. The highest BCUT2D eigenvalue weighted by atomic mass is 19.1. The zero-order valence-electron chi connectivity index (χ0n) is 20.2. The zero-order valence-corrected chi connectivity index (χ0v) is 20.2. The number of carbonyl (C=O) groups is 3. The highest BCUT2D eigenvalue weighted by molar-refractivity contribution is 5.73. The van der Waals surface area contributed by atoms with Crippen LogP contribution < -0.4 is 10.1 Å². The summed E-state index contributed by atoms with van der Waals surface area (Å²) in [4.78, 5) is 34.7. The Morgan fingerprint density at radius 2 is 1.74 bits per heavy atom. The van der Waals surface area contributed by atoms with Crippen molar-refractivity contribution in [3.8, 4) is 16.9 Å². The summed E-state index contributed by atoms with van der Waals surface area (Å²) in [7, 11) is 0. The van der Waals surface area contributed by atoms with Gasteiger partial charge in [-0.15, -0.1) is 0 Å². The van der Waals surface area contributed by atoms with Gasteiger partial charge in [0.15, 0.2) is 0 Å². The molecule has 1 saturated heterocycles. The number of benzene rings is 2. The molecule has 3 rings (SSSR count). The number of amides is 1. The summed E-state index contributed by atoms with van der Waals surface area (Å²) in [6.45, 7) is 6.46. The Labute approximate surface area is 203 Å². The van der Waals surface area contributed by atoms with Crippen LogP contribution in [0.5, 0.6) is 5.75 Å². The maximum absolute atomic E-state index is 14.0. The van der Waals surface area contributed by atoms with Gasteiger partial charge in [0.2, 0.25) is 18.3 Å². The first kappa shape index (κ1) is 26.2. The summed E-state index contributed by atoms with van der Waals surface area (Å²) in [6.07, 6.45) is -2.22. The molecule has 4 atom stereocenters. The van der Waals surface area contributed by atoms with Crippen molar-refractivity contribution in [1.29, 1.82) is 0 Å². The fraction of sp³-hybridized carbons (Fsp3) is 0.423. The third kappa shape index (κ3) is 7.26.